The van der Waals surface area contributed by atoms with Crippen molar-refractivity contribution in [3.63, 3.8) is 0 Å². The third-order valence-corrected chi connectivity index (χ3v) is 4.66. The molecule has 2 nitrogen and oxygen atoms in total. The van der Waals surface area contributed by atoms with Crippen molar-refractivity contribution < 1.29 is 0 Å². The van der Waals surface area contributed by atoms with E-state index in [1.807, 2.05) is 12.1 Å². The molecule has 1 aromatic rings. The molecule has 0 aromatic heterocycles. The fraction of sp³-hybridized carbons (Fsp3) is 0.533. The monoisotopic (exact) mass is 340 g/mol. The molecule has 1 fully saturated rings. The second-order valence-corrected chi connectivity index (χ2v) is 7.08. The van der Waals surface area contributed by atoms with Gasteiger partial charge in [-0.05, 0) is 59.2 Å². The summed E-state index contributed by atoms with van der Waals surface area (Å²) in [5, 5.41) is 3.63. The van der Waals surface area contributed by atoms with Gasteiger partial charge in [0.25, 0.3) is 0 Å². The van der Waals surface area contributed by atoms with Crippen LogP contribution in [0.15, 0.2) is 22.7 Å². The van der Waals surface area contributed by atoms with E-state index in [0.717, 1.165) is 27.6 Å². The Balaban J connectivity index is 2.19. The predicted octanol–water partition coefficient (Wildman–Crippen LogP) is 4.32. The highest BCUT2D eigenvalue weighted by molar-refractivity contribution is 9.10. The van der Waals surface area contributed by atoms with Gasteiger partial charge in [-0.15, -0.1) is 0 Å². The summed E-state index contributed by atoms with van der Waals surface area (Å²) in [7, 11) is 0. The van der Waals surface area contributed by atoms with E-state index >= 15 is 0 Å². The normalized spacial score (nSPS) is 27.0. The lowest BCUT2D eigenvalue weighted by Crippen LogP contribution is -2.31. The Kier molecular flexibility index (Phi) is 4.85. The van der Waals surface area contributed by atoms with Crippen LogP contribution in [0.2, 0.25) is 0 Å². The predicted molar refractivity (Wildman–Crippen MR) is 89.6 cm³/mol. The molecule has 2 unspecified atom stereocenters. The van der Waals surface area contributed by atoms with Crippen LogP contribution >= 0.6 is 28.1 Å². The van der Waals surface area contributed by atoms with Gasteiger partial charge in [0.1, 0.15) is 4.99 Å². The molecule has 1 aliphatic carbocycles. The van der Waals surface area contributed by atoms with Crippen LogP contribution in [0.3, 0.4) is 0 Å². The maximum atomic E-state index is 5.84. The van der Waals surface area contributed by atoms with Crippen LogP contribution < -0.4 is 11.1 Å². The highest BCUT2D eigenvalue weighted by Crippen LogP contribution is 2.32. The van der Waals surface area contributed by atoms with Gasteiger partial charge in [0.05, 0.1) is 0 Å². The summed E-state index contributed by atoms with van der Waals surface area (Å²) in [5.74, 6) is 1.56. The van der Waals surface area contributed by atoms with Crippen LogP contribution in [0.4, 0.5) is 5.69 Å². The number of halogens is 1. The molecule has 0 spiro atoms. The second-order valence-electron chi connectivity index (χ2n) is 5.79. The van der Waals surface area contributed by atoms with E-state index in [-0.39, 0.29) is 0 Å². The minimum Gasteiger partial charge on any atom is -0.389 e. The summed E-state index contributed by atoms with van der Waals surface area (Å²) in [4.78, 5) is 0.437. The highest BCUT2D eigenvalue weighted by Gasteiger charge is 2.24. The standard InChI is InChI=1S/C15H21BrN2S/c1-9-6-10(2)8-11(7-9)18-13-5-3-4-12(16)14(13)15(17)19/h3-5,9-11,18H,6-8H2,1-2H3,(H2,17,19). The van der Waals surface area contributed by atoms with Gasteiger partial charge in [-0.1, -0.05) is 32.1 Å². The Morgan fingerprint density at radius 2 is 1.89 bits per heavy atom. The van der Waals surface area contributed by atoms with Crippen molar-refractivity contribution >= 4 is 38.8 Å². The van der Waals surface area contributed by atoms with E-state index in [0.29, 0.717) is 11.0 Å². The molecule has 0 heterocycles. The maximum Gasteiger partial charge on any atom is 0.107 e. The topological polar surface area (TPSA) is 38.0 Å². The van der Waals surface area contributed by atoms with E-state index in [2.05, 4.69) is 41.2 Å². The van der Waals surface area contributed by atoms with Crippen molar-refractivity contribution in [2.24, 2.45) is 17.6 Å². The summed E-state index contributed by atoms with van der Waals surface area (Å²) >= 11 is 8.69. The van der Waals surface area contributed by atoms with Gasteiger partial charge in [-0.25, -0.2) is 0 Å². The smallest absolute Gasteiger partial charge is 0.107 e. The Morgan fingerprint density at radius 3 is 2.47 bits per heavy atom. The fourth-order valence-corrected chi connectivity index (χ4v) is 4.11. The summed E-state index contributed by atoms with van der Waals surface area (Å²) < 4.78 is 0.960. The second kappa shape index (κ2) is 6.23. The first-order valence-electron chi connectivity index (χ1n) is 6.82. The number of thiocarbonyl (C=S) groups is 1. The van der Waals surface area contributed by atoms with E-state index < -0.39 is 0 Å². The molecule has 1 saturated carbocycles. The van der Waals surface area contributed by atoms with Gasteiger partial charge in [0.15, 0.2) is 0 Å². The van der Waals surface area contributed by atoms with Crippen LogP contribution in [0.5, 0.6) is 0 Å². The molecule has 0 bridgehead atoms. The molecule has 2 atom stereocenters. The van der Waals surface area contributed by atoms with Gasteiger partial charge in [-0.3, -0.25) is 0 Å². The number of benzene rings is 1. The summed E-state index contributed by atoms with van der Waals surface area (Å²) in [6, 6.07) is 6.57. The lowest BCUT2D eigenvalue weighted by Gasteiger charge is -2.33. The minimum absolute atomic E-state index is 0.437. The lowest BCUT2D eigenvalue weighted by molar-refractivity contribution is 0.281. The molecule has 1 aliphatic rings. The van der Waals surface area contributed by atoms with Crippen molar-refractivity contribution in [2.45, 2.75) is 39.2 Å². The van der Waals surface area contributed by atoms with Crippen molar-refractivity contribution in [3.05, 3.63) is 28.2 Å². The average Bonchev–Trinajstić information content (AvgIpc) is 2.26. The quantitative estimate of drug-likeness (QED) is 0.804. The van der Waals surface area contributed by atoms with Crippen LogP contribution in [0.25, 0.3) is 0 Å². The molecular weight excluding hydrogens is 320 g/mol. The van der Waals surface area contributed by atoms with Crippen molar-refractivity contribution in [2.75, 3.05) is 5.32 Å². The first kappa shape index (κ1) is 14.8. The molecule has 0 aliphatic heterocycles. The molecule has 104 valence electrons. The zero-order valence-corrected chi connectivity index (χ0v) is 13.9. The first-order valence-corrected chi connectivity index (χ1v) is 8.02. The molecule has 0 saturated heterocycles. The van der Waals surface area contributed by atoms with Crippen molar-refractivity contribution in [1.29, 1.82) is 0 Å². The van der Waals surface area contributed by atoms with E-state index in [1.165, 1.54) is 19.3 Å². The van der Waals surface area contributed by atoms with Crippen LogP contribution in [0, 0.1) is 11.8 Å². The number of nitrogens with two attached hydrogens (primary N) is 1. The van der Waals surface area contributed by atoms with Crippen molar-refractivity contribution in [1.82, 2.24) is 0 Å². The fourth-order valence-electron chi connectivity index (χ4n) is 3.18. The zero-order valence-electron chi connectivity index (χ0n) is 11.4. The number of hydrogen-bond acceptors (Lipinski definition) is 2. The molecule has 1 aromatic carbocycles. The molecule has 3 N–H and O–H groups in total. The summed E-state index contributed by atoms with van der Waals surface area (Å²) in [6.07, 6.45) is 3.76. The number of hydrogen-bond donors (Lipinski definition) is 2. The molecule has 0 amide bonds. The van der Waals surface area contributed by atoms with E-state index in [4.69, 9.17) is 18.0 Å². The minimum atomic E-state index is 0.437. The maximum absolute atomic E-state index is 5.84. The van der Waals surface area contributed by atoms with E-state index in [9.17, 15) is 0 Å². The number of rotatable bonds is 3. The van der Waals surface area contributed by atoms with Gasteiger partial charge in [0.2, 0.25) is 0 Å². The summed E-state index contributed by atoms with van der Waals surface area (Å²) in [6.45, 7) is 4.67. The van der Waals surface area contributed by atoms with Crippen LogP contribution in [-0.4, -0.2) is 11.0 Å². The highest BCUT2D eigenvalue weighted by atomic mass is 79.9. The number of nitrogens with one attached hydrogen (secondary N) is 1. The van der Waals surface area contributed by atoms with Crippen LogP contribution in [-0.2, 0) is 0 Å². The molecular formula is C15H21BrN2S. The zero-order chi connectivity index (χ0) is 14.0. The Hall–Kier alpha value is -0.610. The van der Waals surface area contributed by atoms with Gasteiger partial charge in [-0.2, -0.15) is 0 Å². The van der Waals surface area contributed by atoms with Gasteiger partial charge >= 0.3 is 0 Å². The Labute approximate surface area is 129 Å². The molecule has 4 heteroatoms. The third kappa shape index (κ3) is 3.69. The Bertz CT molecular complexity index is 465. The largest absolute Gasteiger partial charge is 0.389 e. The third-order valence-electron chi connectivity index (χ3n) is 3.80. The van der Waals surface area contributed by atoms with Gasteiger partial charge in [0, 0.05) is 21.8 Å². The van der Waals surface area contributed by atoms with E-state index in [1.54, 1.807) is 0 Å². The first-order chi connectivity index (χ1) is 8.97. The number of anilines is 1. The summed E-state index contributed by atoms with van der Waals surface area (Å²) in [5.41, 5.74) is 7.81. The SMILES string of the molecule is CC1CC(C)CC(Nc2cccc(Br)c2C(N)=S)C1. The van der Waals surface area contributed by atoms with Crippen LogP contribution in [0.1, 0.15) is 38.7 Å². The van der Waals surface area contributed by atoms with Gasteiger partial charge < -0.3 is 11.1 Å². The molecule has 2 rings (SSSR count). The molecule has 0 radical (unpaired) electrons. The Morgan fingerprint density at radius 1 is 1.26 bits per heavy atom. The lowest BCUT2D eigenvalue weighted by atomic mass is 9.80. The van der Waals surface area contributed by atoms with Crippen molar-refractivity contribution in [3.8, 4) is 0 Å². The molecule has 19 heavy (non-hydrogen) atoms. The average molecular weight is 341 g/mol.